The van der Waals surface area contributed by atoms with Crippen molar-refractivity contribution in [1.82, 2.24) is 10.3 Å². The molecule has 0 saturated heterocycles. The van der Waals surface area contributed by atoms with E-state index in [-0.39, 0.29) is 23.7 Å². The van der Waals surface area contributed by atoms with Crippen molar-refractivity contribution in [1.29, 1.82) is 0 Å². The molecule has 2 fully saturated rings. The van der Waals surface area contributed by atoms with Crippen LogP contribution in [-0.4, -0.2) is 16.7 Å². The van der Waals surface area contributed by atoms with Gasteiger partial charge in [-0.25, -0.2) is 0 Å². The third kappa shape index (κ3) is 2.67. The van der Waals surface area contributed by atoms with Crippen LogP contribution < -0.4 is 5.32 Å². The van der Waals surface area contributed by atoms with Gasteiger partial charge in [-0.2, -0.15) is 0 Å². The zero-order chi connectivity index (χ0) is 13.4. The third-order valence-corrected chi connectivity index (χ3v) is 3.94. The summed E-state index contributed by atoms with van der Waals surface area (Å²) in [6.45, 7) is 1.96. The summed E-state index contributed by atoms with van der Waals surface area (Å²) in [7, 11) is 0. The average Bonchev–Trinajstić information content (AvgIpc) is 3.16. The van der Waals surface area contributed by atoms with E-state index in [1.165, 1.54) is 0 Å². The Kier molecular flexibility index (Phi) is 3.09. The Morgan fingerprint density at radius 2 is 2.11 bits per heavy atom. The summed E-state index contributed by atoms with van der Waals surface area (Å²) in [5.41, 5.74) is 1.91. The van der Waals surface area contributed by atoms with Crippen molar-refractivity contribution in [3.63, 3.8) is 0 Å². The molecule has 3 rings (SSSR count). The van der Waals surface area contributed by atoms with E-state index in [4.69, 9.17) is 0 Å². The highest BCUT2D eigenvalue weighted by Crippen LogP contribution is 2.41. The molecule has 4 nitrogen and oxygen atoms in total. The number of nitrogens with one attached hydrogen (secondary N) is 1. The van der Waals surface area contributed by atoms with Crippen LogP contribution in [-0.2, 0) is 9.59 Å². The molecule has 1 N–H and O–H groups in total. The molecule has 0 spiro atoms. The van der Waals surface area contributed by atoms with Gasteiger partial charge in [-0.05, 0) is 37.8 Å². The summed E-state index contributed by atoms with van der Waals surface area (Å²) < 4.78 is 0. The van der Waals surface area contributed by atoms with Crippen LogP contribution in [0.2, 0.25) is 0 Å². The lowest BCUT2D eigenvalue weighted by atomic mass is 9.83. The third-order valence-electron chi connectivity index (χ3n) is 3.94. The number of Topliss-reactive ketones (excluding diaryl/α,β-unsaturated/α-hetero) is 1. The Morgan fingerprint density at radius 3 is 2.68 bits per heavy atom. The maximum Gasteiger partial charge on any atom is 0.224 e. The Hall–Kier alpha value is -1.71. The fourth-order valence-corrected chi connectivity index (χ4v) is 2.55. The first-order chi connectivity index (χ1) is 9.13. The molecule has 1 amide bonds. The van der Waals surface area contributed by atoms with E-state index in [9.17, 15) is 9.59 Å². The summed E-state index contributed by atoms with van der Waals surface area (Å²) in [6, 6.07) is 5.93. The van der Waals surface area contributed by atoms with Gasteiger partial charge in [0, 0.05) is 18.5 Å². The molecule has 1 heterocycles. The van der Waals surface area contributed by atoms with Gasteiger partial charge in [-0.1, -0.05) is 6.07 Å². The Labute approximate surface area is 112 Å². The van der Waals surface area contributed by atoms with E-state index in [1.807, 2.05) is 25.1 Å². The zero-order valence-corrected chi connectivity index (χ0v) is 11.1. The second-order valence-corrected chi connectivity index (χ2v) is 5.67. The molecule has 2 aliphatic carbocycles. The molecular weight excluding hydrogens is 240 g/mol. The number of hydrogen-bond donors (Lipinski definition) is 1. The van der Waals surface area contributed by atoms with E-state index in [1.54, 1.807) is 0 Å². The minimum absolute atomic E-state index is 0.0137. The molecule has 0 unspecified atom stereocenters. The Balaban J connectivity index is 1.71. The predicted octanol–water partition coefficient (Wildman–Crippen LogP) is 1.94. The minimum atomic E-state index is -0.112. The van der Waals surface area contributed by atoms with Crippen molar-refractivity contribution in [3.8, 4) is 0 Å². The van der Waals surface area contributed by atoms with Crippen LogP contribution in [0.25, 0.3) is 0 Å². The quantitative estimate of drug-likeness (QED) is 0.897. The van der Waals surface area contributed by atoms with E-state index in [0.29, 0.717) is 18.8 Å². The second-order valence-electron chi connectivity index (χ2n) is 5.67. The Morgan fingerprint density at radius 1 is 1.37 bits per heavy atom. The van der Waals surface area contributed by atoms with Gasteiger partial charge in [0.15, 0.2) is 0 Å². The highest BCUT2D eigenvalue weighted by Gasteiger charge is 2.38. The summed E-state index contributed by atoms with van der Waals surface area (Å²) in [4.78, 5) is 27.6. The number of rotatable bonds is 4. The maximum absolute atomic E-state index is 12.1. The smallest absolute Gasteiger partial charge is 0.224 e. The van der Waals surface area contributed by atoms with Gasteiger partial charge < -0.3 is 5.32 Å². The van der Waals surface area contributed by atoms with Crippen LogP contribution in [0, 0.1) is 18.8 Å². The molecule has 4 heteroatoms. The van der Waals surface area contributed by atoms with Crippen molar-refractivity contribution >= 4 is 11.7 Å². The van der Waals surface area contributed by atoms with Crippen LogP contribution in [0.1, 0.15) is 43.1 Å². The van der Waals surface area contributed by atoms with E-state index >= 15 is 0 Å². The topological polar surface area (TPSA) is 59.1 Å². The minimum Gasteiger partial charge on any atom is -0.347 e. The lowest BCUT2D eigenvalue weighted by molar-refractivity contribution is -0.138. The molecule has 0 aromatic carbocycles. The standard InChI is InChI=1S/C15H18N2O2/c1-9-3-2-4-13(16-9)14(10-5-6-10)17-15(19)11-7-12(18)8-11/h2-4,10-11,14H,5-8H2,1H3,(H,17,19)/t14-/m0/s1. The number of aromatic nitrogens is 1. The van der Waals surface area contributed by atoms with Crippen molar-refractivity contribution in [2.75, 3.05) is 0 Å². The van der Waals surface area contributed by atoms with Gasteiger partial charge in [0.25, 0.3) is 0 Å². The molecule has 2 aliphatic rings. The molecule has 0 bridgehead atoms. The number of carbonyl (C=O) groups excluding carboxylic acids is 2. The fourth-order valence-electron chi connectivity index (χ4n) is 2.55. The lowest BCUT2D eigenvalue weighted by Crippen LogP contribution is -2.41. The van der Waals surface area contributed by atoms with Gasteiger partial charge in [-0.3, -0.25) is 14.6 Å². The number of amides is 1. The summed E-state index contributed by atoms with van der Waals surface area (Å²) in [5.74, 6) is 0.601. The van der Waals surface area contributed by atoms with Crippen LogP contribution in [0.3, 0.4) is 0 Å². The predicted molar refractivity (Wildman–Crippen MR) is 70.3 cm³/mol. The molecule has 19 heavy (non-hydrogen) atoms. The first kappa shape index (κ1) is 12.3. The molecular formula is C15H18N2O2. The first-order valence-electron chi connectivity index (χ1n) is 6.89. The van der Waals surface area contributed by atoms with Gasteiger partial charge >= 0.3 is 0 Å². The van der Waals surface area contributed by atoms with E-state index < -0.39 is 0 Å². The van der Waals surface area contributed by atoms with Crippen molar-refractivity contribution in [2.24, 2.45) is 11.8 Å². The van der Waals surface area contributed by atoms with Gasteiger partial charge in [-0.15, -0.1) is 0 Å². The molecule has 0 radical (unpaired) electrons. The van der Waals surface area contributed by atoms with E-state index in [2.05, 4.69) is 10.3 Å². The Bertz CT molecular complexity index is 515. The normalized spacial score (nSPS) is 20.8. The first-order valence-corrected chi connectivity index (χ1v) is 6.89. The molecule has 2 saturated carbocycles. The van der Waals surface area contributed by atoms with E-state index in [0.717, 1.165) is 24.2 Å². The fraction of sp³-hybridized carbons (Fsp3) is 0.533. The maximum atomic E-state index is 12.1. The van der Waals surface area contributed by atoms with Crippen LogP contribution in [0.5, 0.6) is 0 Å². The van der Waals surface area contributed by atoms with Gasteiger partial charge in [0.2, 0.25) is 5.91 Å². The molecule has 1 aromatic rings. The highest BCUT2D eigenvalue weighted by molar-refractivity contribution is 5.96. The van der Waals surface area contributed by atoms with Crippen LogP contribution >= 0.6 is 0 Å². The lowest BCUT2D eigenvalue weighted by Gasteiger charge is -2.26. The largest absolute Gasteiger partial charge is 0.347 e. The number of ketones is 1. The van der Waals surface area contributed by atoms with Crippen LogP contribution in [0.15, 0.2) is 18.2 Å². The number of aryl methyl sites for hydroxylation is 1. The van der Waals surface area contributed by atoms with Crippen molar-refractivity contribution in [3.05, 3.63) is 29.6 Å². The van der Waals surface area contributed by atoms with Gasteiger partial charge in [0.1, 0.15) is 5.78 Å². The number of hydrogen-bond acceptors (Lipinski definition) is 3. The molecule has 100 valence electrons. The number of carbonyl (C=O) groups is 2. The van der Waals surface area contributed by atoms with Crippen molar-refractivity contribution in [2.45, 2.75) is 38.6 Å². The molecule has 0 aliphatic heterocycles. The summed E-state index contributed by atoms with van der Waals surface area (Å²) in [5, 5.41) is 3.09. The zero-order valence-electron chi connectivity index (χ0n) is 11.1. The monoisotopic (exact) mass is 258 g/mol. The van der Waals surface area contributed by atoms with Gasteiger partial charge in [0.05, 0.1) is 17.7 Å². The summed E-state index contributed by atoms with van der Waals surface area (Å²) in [6.07, 6.45) is 3.10. The molecule has 1 aromatic heterocycles. The molecule has 1 atom stereocenters. The number of pyridine rings is 1. The van der Waals surface area contributed by atoms with Crippen molar-refractivity contribution < 1.29 is 9.59 Å². The second kappa shape index (κ2) is 4.76. The average molecular weight is 258 g/mol. The van der Waals surface area contributed by atoms with Crippen LogP contribution in [0.4, 0.5) is 0 Å². The number of nitrogens with zero attached hydrogens (tertiary/aromatic N) is 1. The highest BCUT2D eigenvalue weighted by atomic mass is 16.2. The SMILES string of the molecule is Cc1cccc([C@@H](NC(=O)C2CC(=O)C2)C2CC2)n1. The summed E-state index contributed by atoms with van der Waals surface area (Å²) >= 11 is 0.